The van der Waals surface area contributed by atoms with E-state index in [1.54, 1.807) is 12.3 Å². The summed E-state index contributed by atoms with van der Waals surface area (Å²) in [5.41, 5.74) is 5.97. The Labute approximate surface area is 187 Å². The van der Waals surface area contributed by atoms with Crippen molar-refractivity contribution in [1.29, 1.82) is 0 Å². The van der Waals surface area contributed by atoms with Crippen molar-refractivity contribution in [3.05, 3.63) is 26.8 Å². The molecule has 2 aromatic heterocycles. The highest BCUT2D eigenvalue weighted by Crippen LogP contribution is 2.43. The van der Waals surface area contributed by atoms with Gasteiger partial charge in [-0.2, -0.15) is 0 Å². The maximum Gasteiger partial charge on any atom is 0.353 e. The highest BCUT2D eigenvalue weighted by Gasteiger charge is 2.55. The van der Waals surface area contributed by atoms with Crippen LogP contribution in [0.1, 0.15) is 15.7 Å². The lowest BCUT2D eigenvalue weighted by Gasteiger charge is -2.49. The zero-order valence-corrected chi connectivity index (χ0v) is 18.5. The number of carbonyl (C=O) groups excluding carboxylic acids is 2. The molecule has 0 bridgehead atoms. The lowest BCUT2D eigenvalue weighted by Crippen LogP contribution is -2.71. The second kappa shape index (κ2) is 8.24. The second-order valence-corrected chi connectivity index (χ2v) is 9.49. The van der Waals surface area contributed by atoms with Crippen LogP contribution in [0, 0.1) is 6.92 Å². The Bertz CT molecular complexity index is 1140. The number of amides is 2. The molecule has 12 nitrogen and oxygen atoms in total. The van der Waals surface area contributed by atoms with E-state index in [1.807, 2.05) is 0 Å². The van der Waals surface area contributed by atoms with Gasteiger partial charge in [-0.1, -0.05) is 16.5 Å². The van der Waals surface area contributed by atoms with Crippen molar-refractivity contribution in [2.24, 2.45) is 5.16 Å². The number of thioether (sulfide) groups is 1. The van der Waals surface area contributed by atoms with Crippen LogP contribution in [-0.4, -0.2) is 73.0 Å². The molecule has 4 rings (SSSR count). The van der Waals surface area contributed by atoms with Crippen molar-refractivity contribution in [2.75, 3.05) is 18.6 Å². The van der Waals surface area contributed by atoms with E-state index in [2.05, 4.69) is 25.7 Å². The van der Waals surface area contributed by atoms with Gasteiger partial charge >= 0.3 is 5.97 Å². The molecule has 0 saturated carbocycles. The van der Waals surface area contributed by atoms with E-state index in [1.165, 1.54) is 35.1 Å². The van der Waals surface area contributed by atoms with Crippen molar-refractivity contribution < 1.29 is 24.3 Å². The van der Waals surface area contributed by atoms with E-state index in [9.17, 15) is 19.5 Å². The van der Waals surface area contributed by atoms with Gasteiger partial charge in [-0.3, -0.25) is 14.5 Å². The topological polar surface area (TPSA) is 173 Å². The Kier molecular flexibility index (Phi) is 5.63. The number of aromatic nitrogens is 3. The molecule has 2 aromatic rings. The monoisotopic (exact) mass is 481 g/mol. The summed E-state index contributed by atoms with van der Waals surface area (Å²) in [7, 11) is 1.27. The quantitative estimate of drug-likeness (QED) is 0.292. The Morgan fingerprint density at radius 3 is 2.77 bits per heavy atom. The molecular weight excluding hydrogens is 466 g/mol. The number of fused-ring (bicyclic) bond motifs is 1. The van der Waals surface area contributed by atoms with Crippen molar-refractivity contribution in [1.82, 2.24) is 25.4 Å². The van der Waals surface area contributed by atoms with Gasteiger partial charge in [-0.15, -0.1) is 33.3 Å². The van der Waals surface area contributed by atoms with Gasteiger partial charge in [-0.05, 0) is 6.92 Å². The molecule has 4 heterocycles. The molecule has 15 heteroatoms. The minimum Gasteiger partial charge on any atom is -0.477 e. The van der Waals surface area contributed by atoms with Crippen LogP contribution in [0.4, 0.5) is 5.13 Å². The number of rotatable bonds is 6. The van der Waals surface area contributed by atoms with E-state index in [4.69, 9.17) is 10.6 Å². The molecule has 0 aromatic carbocycles. The zero-order chi connectivity index (χ0) is 22.3. The third-order valence-electron chi connectivity index (χ3n) is 4.40. The normalized spacial score (nSPS) is 20.9. The first kappa shape index (κ1) is 21.2. The summed E-state index contributed by atoms with van der Waals surface area (Å²) in [6.45, 7) is 1.76. The number of nitrogens with two attached hydrogens (primary N) is 1. The number of hydrogen-bond acceptors (Lipinski definition) is 12. The zero-order valence-electron chi connectivity index (χ0n) is 16.1. The SMILES string of the molecule is CON=C(C(=O)NC1C(=O)N2C(C(=O)O)=C(c3nnc(C)s3)CS[C@@H]12)c1csc(N)n1. The van der Waals surface area contributed by atoms with Gasteiger partial charge in [0.25, 0.3) is 11.8 Å². The van der Waals surface area contributed by atoms with Crippen LogP contribution in [0.5, 0.6) is 0 Å². The first-order chi connectivity index (χ1) is 14.8. The third-order valence-corrected chi connectivity index (χ3v) is 7.26. The molecular formula is C16H15N7O5S3. The average molecular weight is 482 g/mol. The maximum absolute atomic E-state index is 12.8. The minimum absolute atomic E-state index is 0.137. The first-order valence-corrected chi connectivity index (χ1v) is 11.4. The predicted molar refractivity (Wildman–Crippen MR) is 114 cm³/mol. The molecule has 1 fully saturated rings. The van der Waals surface area contributed by atoms with Crippen LogP contribution in [0.25, 0.3) is 5.57 Å². The van der Waals surface area contributed by atoms with Crippen LogP contribution in [0.2, 0.25) is 0 Å². The van der Waals surface area contributed by atoms with E-state index < -0.39 is 29.2 Å². The number of nitrogen functional groups attached to an aromatic ring is 1. The fraction of sp³-hybridized carbons (Fsp3) is 0.312. The average Bonchev–Trinajstić information content (AvgIpc) is 3.36. The molecule has 2 aliphatic rings. The number of nitrogens with one attached hydrogen (secondary N) is 1. The largest absolute Gasteiger partial charge is 0.477 e. The molecule has 0 spiro atoms. The molecule has 2 aliphatic heterocycles. The van der Waals surface area contributed by atoms with Crippen molar-refractivity contribution in [2.45, 2.75) is 18.3 Å². The molecule has 2 amide bonds. The Morgan fingerprint density at radius 2 is 2.19 bits per heavy atom. The number of anilines is 1. The van der Waals surface area contributed by atoms with Crippen molar-refractivity contribution in [3.8, 4) is 0 Å². The standard InChI is InChI=1S/C16H15N7O5S3/c1-5-20-21-12(31-5)6-3-29-14-9(13(25)23(14)10(6)15(26)27)19-11(24)8(22-28-2)7-4-30-16(17)18-7/h4,9,14H,3H2,1-2H3,(H2,17,18)(H,19,24)(H,26,27)/t9?,14-/m0/s1. The number of hydrogen-bond donors (Lipinski definition) is 3. The first-order valence-electron chi connectivity index (χ1n) is 8.66. The predicted octanol–water partition coefficient (Wildman–Crippen LogP) is 0.132. The van der Waals surface area contributed by atoms with E-state index in [0.29, 0.717) is 21.3 Å². The highest BCUT2D eigenvalue weighted by atomic mass is 32.2. The van der Waals surface area contributed by atoms with E-state index in [-0.39, 0.29) is 22.2 Å². The lowest BCUT2D eigenvalue weighted by atomic mass is 10.0. The summed E-state index contributed by atoms with van der Waals surface area (Å²) in [5, 5.41) is 26.3. The Morgan fingerprint density at radius 1 is 1.42 bits per heavy atom. The third kappa shape index (κ3) is 3.75. The van der Waals surface area contributed by atoms with Gasteiger partial charge in [0.05, 0.1) is 0 Å². The maximum atomic E-state index is 12.8. The highest BCUT2D eigenvalue weighted by molar-refractivity contribution is 8.00. The Balaban J connectivity index is 1.57. The number of aliphatic carboxylic acids is 1. The minimum atomic E-state index is -1.24. The molecule has 31 heavy (non-hydrogen) atoms. The summed E-state index contributed by atoms with van der Waals surface area (Å²) < 4.78 is 0. The number of thiazole rings is 1. The number of oxime groups is 1. The van der Waals surface area contributed by atoms with Gasteiger partial charge in [0, 0.05) is 16.7 Å². The Hall–Kier alpha value is -3.04. The number of carbonyl (C=O) groups is 3. The number of β-lactam (4-membered cyclic amide) rings is 1. The molecule has 1 saturated heterocycles. The molecule has 0 radical (unpaired) electrons. The van der Waals surface area contributed by atoms with Crippen molar-refractivity contribution >= 4 is 68.6 Å². The van der Waals surface area contributed by atoms with Gasteiger partial charge < -0.3 is 21.0 Å². The van der Waals surface area contributed by atoms with Crippen LogP contribution in [-0.2, 0) is 19.2 Å². The second-order valence-electron chi connectivity index (χ2n) is 6.31. The van der Waals surface area contributed by atoms with Crippen LogP contribution < -0.4 is 11.1 Å². The number of nitrogens with zero attached hydrogens (tertiary/aromatic N) is 5. The summed E-state index contributed by atoms with van der Waals surface area (Å²) in [4.78, 5) is 47.4. The number of carboxylic acid groups (broad SMARTS) is 1. The summed E-state index contributed by atoms with van der Waals surface area (Å²) in [6, 6.07) is -0.928. The van der Waals surface area contributed by atoms with E-state index in [0.717, 1.165) is 11.3 Å². The molecule has 0 aliphatic carbocycles. The fourth-order valence-corrected chi connectivity index (χ4v) is 5.82. The molecule has 1 unspecified atom stereocenters. The smallest absolute Gasteiger partial charge is 0.353 e. The van der Waals surface area contributed by atoms with E-state index >= 15 is 0 Å². The fourth-order valence-electron chi connectivity index (χ4n) is 3.10. The number of aryl methyl sites for hydroxylation is 1. The summed E-state index contributed by atoms with van der Waals surface area (Å²) >= 11 is 3.71. The molecule has 2 atom stereocenters. The van der Waals surface area contributed by atoms with Gasteiger partial charge in [0.1, 0.15) is 39.9 Å². The summed E-state index contributed by atoms with van der Waals surface area (Å²) in [6.07, 6.45) is 0. The van der Waals surface area contributed by atoms with Gasteiger partial charge in [0.2, 0.25) is 0 Å². The van der Waals surface area contributed by atoms with Gasteiger partial charge in [0.15, 0.2) is 10.8 Å². The van der Waals surface area contributed by atoms with Crippen LogP contribution in [0.15, 0.2) is 16.2 Å². The number of carboxylic acids is 1. The van der Waals surface area contributed by atoms with Gasteiger partial charge in [-0.25, -0.2) is 9.78 Å². The molecule has 162 valence electrons. The summed E-state index contributed by atoms with van der Waals surface area (Å²) in [5.74, 6) is -2.17. The van der Waals surface area contributed by atoms with Crippen molar-refractivity contribution in [3.63, 3.8) is 0 Å². The molecule has 4 N–H and O–H groups in total. The van der Waals surface area contributed by atoms with Crippen LogP contribution in [0.3, 0.4) is 0 Å². The van der Waals surface area contributed by atoms with Crippen LogP contribution >= 0.6 is 34.4 Å². The lowest BCUT2D eigenvalue weighted by molar-refractivity contribution is -0.149.